The van der Waals surface area contributed by atoms with Gasteiger partial charge in [0.25, 0.3) is 5.91 Å². The van der Waals surface area contributed by atoms with Crippen LogP contribution in [0.3, 0.4) is 0 Å². The first kappa shape index (κ1) is 16.7. The third-order valence-corrected chi connectivity index (χ3v) is 3.55. The number of aromatic nitrogens is 3. The minimum Gasteiger partial charge on any atom is -0.321 e. The van der Waals surface area contributed by atoms with Gasteiger partial charge in [-0.05, 0) is 43.3 Å². The van der Waals surface area contributed by atoms with Gasteiger partial charge in [0.05, 0.1) is 17.4 Å². The summed E-state index contributed by atoms with van der Waals surface area (Å²) in [7, 11) is 0. The van der Waals surface area contributed by atoms with E-state index < -0.39 is 17.6 Å². The quantitative estimate of drug-likeness (QED) is 0.784. The van der Waals surface area contributed by atoms with E-state index in [4.69, 9.17) is 0 Å². The number of aryl methyl sites for hydroxylation is 1. The summed E-state index contributed by atoms with van der Waals surface area (Å²) in [4.78, 5) is 20.4. The van der Waals surface area contributed by atoms with Gasteiger partial charge in [0.15, 0.2) is 0 Å². The smallest absolute Gasteiger partial charge is 0.321 e. The van der Waals surface area contributed by atoms with E-state index in [9.17, 15) is 18.0 Å². The maximum absolute atomic E-state index is 12.5. The number of halogens is 3. The van der Waals surface area contributed by atoms with E-state index in [0.29, 0.717) is 11.5 Å². The average molecular weight is 346 g/mol. The number of carbonyl (C=O) groups excluding carboxylic acids is 1. The molecule has 3 aromatic rings. The lowest BCUT2D eigenvalue weighted by Gasteiger charge is -2.09. The molecule has 1 amide bonds. The topological polar surface area (TPSA) is 59.8 Å². The largest absolute Gasteiger partial charge is 0.416 e. The zero-order valence-electron chi connectivity index (χ0n) is 13.1. The van der Waals surface area contributed by atoms with Crippen molar-refractivity contribution in [3.8, 4) is 5.82 Å². The van der Waals surface area contributed by atoms with Gasteiger partial charge >= 0.3 is 6.18 Å². The van der Waals surface area contributed by atoms with Crippen LogP contribution in [0.15, 0.2) is 55.0 Å². The molecule has 0 bridgehead atoms. The van der Waals surface area contributed by atoms with Crippen LogP contribution in [-0.2, 0) is 6.18 Å². The van der Waals surface area contributed by atoms with Crippen molar-refractivity contribution in [2.45, 2.75) is 13.1 Å². The van der Waals surface area contributed by atoms with Gasteiger partial charge in [-0.3, -0.25) is 9.36 Å². The number of anilines is 1. The maximum Gasteiger partial charge on any atom is 0.416 e. The predicted octanol–water partition coefficient (Wildman–Crippen LogP) is 3.85. The van der Waals surface area contributed by atoms with Crippen molar-refractivity contribution in [2.24, 2.45) is 0 Å². The van der Waals surface area contributed by atoms with Crippen LogP contribution in [0.4, 0.5) is 18.9 Å². The van der Waals surface area contributed by atoms with Gasteiger partial charge in [-0.15, -0.1) is 0 Å². The molecule has 128 valence electrons. The molecule has 1 N–H and O–H groups in total. The van der Waals surface area contributed by atoms with Crippen LogP contribution in [0.1, 0.15) is 21.7 Å². The van der Waals surface area contributed by atoms with Crippen LogP contribution < -0.4 is 5.32 Å². The summed E-state index contributed by atoms with van der Waals surface area (Å²) in [5, 5.41) is 2.60. The fraction of sp³-hybridized carbons (Fsp3) is 0.118. The van der Waals surface area contributed by atoms with Gasteiger partial charge in [0.2, 0.25) is 0 Å². The van der Waals surface area contributed by atoms with Gasteiger partial charge in [-0.2, -0.15) is 13.2 Å². The number of amides is 1. The molecule has 2 aromatic heterocycles. The number of rotatable bonds is 3. The molecule has 0 unspecified atom stereocenters. The summed E-state index contributed by atoms with van der Waals surface area (Å²) < 4.78 is 39.4. The molecule has 3 rings (SSSR count). The summed E-state index contributed by atoms with van der Waals surface area (Å²) >= 11 is 0. The van der Waals surface area contributed by atoms with Gasteiger partial charge in [-0.25, -0.2) is 9.97 Å². The van der Waals surface area contributed by atoms with Crippen LogP contribution in [0.25, 0.3) is 5.82 Å². The second-order valence-electron chi connectivity index (χ2n) is 5.28. The Bertz CT molecular complexity index is 884. The maximum atomic E-state index is 12.5. The van der Waals surface area contributed by atoms with E-state index in [0.717, 1.165) is 30.1 Å². The van der Waals surface area contributed by atoms with Gasteiger partial charge < -0.3 is 5.32 Å². The van der Waals surface area contributed by atoms with Gasteiger partial charge in [0.1, 0.15) is 11.6 Å². The minimum absolute atomic E-state index is 0.127. The van der Waals surface area contributed by atoms with Crippen molar-refractivity contribution < 1.29 is 18.0 Å². The van der Waals surface area contributed by atoms with E-state index >= 15 is 0 Å². The molecule has 5 nitrogen and oxygen atoms in total. The Morgan fingerprint density at radius 3 is 2.32 bits per heavy atom. The summed E-state index contributed by atoms with van der Waals surface area (Å²) in [5.74, 6) is 0.902. The van der Waals surface area contributed by atoms with Crippen LogP contribution in [0.5, 0.6) is 0 Å². The Hall–Kier alpha value is -3.16. The Balaban J connectivity index is 1.72. The highest BCUT2D eigenvalue weighted by molar-refractivity contribution is 6.04. The number of benzene rings is 1. The number of nitrogens with zero attached hydrogens (tertiary/aromatic N) is 3. The average Bonchev–Trinajstić information content (AvgIpc) is 3.01. The lowest BCUT2D eigenvalue weighted by atomic mass is 10.1. The van der Waals surface area contributed by atoms with Crippen molar-refractivity contribution in [3.05, 3.63) is 71.9 Å². The Labute approximate surface area is 141 Å². The van der Waals surface area contributed by atoms with Crippen molar-refractivity contribution >= 4 is 11.6 Å². The molecule has 2 heterocycles. The van der Waals surface area contributed by atoms with Crippen LogP contribution in [0.2, 0.25) is 0 Å². The minimum atomic E-state index is -4.43. The lowest BCUT2D eigenvalue weighted by Crippen LogP contribution is -2.13. The van der Waals surface area contributed by atoms with Crippen LogP contribution in [-0.4, -0.2) is 20.4 Å². The van der Waals surface area contributed by atoms with Gasteiger partial charge in [0, 0.05) is 18.0 Å². The van der Waals surface area contributed by atoms with E-state index in [1.54, 1.807) is 29.1 Å². The number of imidazole rings is 1. The number of alkyl halides is 3. The monoisotopic (exact) mass is 346 g/mol. The predicted molar refractivity (Wildman–Crippen MR) is 85.5 cm³/mol. The highest BCUT2D eigenvalue weighted by Crippen LogP contribution is 2.29. The highest BCUT2D eigenvalue weighted by Gasteiger charge is 2.30. The molecular formula is C17H13F3N4O. The van der Waals surface area contributed by atoms with Crippen molar-refractivity contribution in [3.63, 3.8) is 0 Å². The molecule has 1 aromatic carbocycles. The Morgan fingerprint density at radius 2 is 1.80 bits per heavy atom. The van der Waals surface area contributed by atoms with E-state index in [1.807, 2.05) is 6.92 Å². The summed E-state index contributed by atoms with van der Waals surface area (Å²) in [6.07, 6.45) is 0.451. The standard InChI is InChI=1S/C17H13F3N4O/c1-11-21-8-9-24(11)15-7-6-14(10-22-15)23-16(25)12-2-4-13(5-3-12)17(18,19)20/h2-10H,1H3,(H,23,25). The fourth-order valence-corrected chi connectivity index (χ4v) is 2.24. The van der Waals surface area contributed by atoms with Crippen molar-refractivity contribution in [1.82, 2.24) is 14.5 Å². The number of hydrogen-bond acceptors (Lipinski definition) is 3. The third-order valence-electron chi connectivity index (χ3n) is 3.55. The molecule has 25 heavy (non-hydrogen) atoms. The number of nitrogens with one attached hydrogen (secondary N) is 1. The molecule has 0 aliphatic rings. The molecule has 8 heteroatoms. The Morgan fingerprint density at radius 1 is 1.08 bits per heavy atom. The molecule has 0 saturated carbocycles. The molecule has 0 spiro atoms. The summed E-state index contributed by atoms with van der Waals surface area (Å²) in [6, 6.07) is 7.38. The first-order valence-electron chi connectivity index (χ1n) is 7.29. The summed E-state index contributed by atoms with van der Waals surface area (Å²) in [5.41, 5.74) is -0.236. The van der Waals surface area contributed by atoms with Crippen LogP contribution >= 0.6 is 0 Å². The van der Waals surface area contributed by atoms with E-state index in [-0.39, 0.29) is 5.56 Å². The summed E-state index contributed by atoms with van der Waals surface area (Å²) in [6.45, 7) is 1.84. The van der Waals surface area contributed by atoms with Crippen molar-refractivity contribution in [1.29, 1.82) is 0 Å². The normalized spacial score (nSPS) is 11.4. The van der Waals surface area contributed by atoms with Crippen molar-refractivity contribution in [2.75, 3.05) is 5.32 Å². The molecule has 0 atom stereocenters. The molecule has 0 radical (unpaired) electrons. The molecule has 0 saturated heterocycles. The molecule has 0 fully saturated rings. The number of carbonyl (C=O) groups is 1. The molecular weight excluding hydrogens is 333 g/mol. The lowest BCUT2D eigenvalue weighted by molar-refractivity contribution is -0.137. The van der Waals surface area contributed by atoms with E-state index in [1.165, 1.54) is 6.20 Å². The highest BCUT2D eigenvalue weighted by atomic mass is 19.4. The molecule has 0 aliphatic heterocycles. The van der Waals surface area contributed by atoms with Crippen LogP contribution in [0, 0.1) is 6.92 Å². The Kier molecular flexibility index (Phi) is 4.26. The number of hydrogen-bond donors (Lipinski definition) is 1. The van der Waals surface area contributed by atoms with Gasteiger partial charge in [-0.1, -0.05) is 0 Å². The number of pyridine rings is 1. The first-order chi connectivity index (χ1) is 11.8. The SMILES string of the molecule is Cc1nccn1-c1ccc(NC(=O)c2ccc(C(F)(F)F)cc2)cn1. The second kappa shape index (κ2) is 6.39. The zero-order chi connectivity index (χ0) is 18.0. The first-order valence-corrected chi connectivity index (χ1v) is 7.29. The fourth-order valence-electron chi connectivity index (χ4n) is 2.24. The van der Waals surface area contributed by atoms with E-state index in [2.05, 4.69) is 15.3 Å². The third kappa shape index (κ3) is 3.68. The second-order valence-corrected chi connectivity index (χ2v) is 5.28. The molecule has 0 aliphatic carbocycles. The zero-order valence-corrected chi connectivity index (χ0v) is 13.1.